The van der Waals surface area contributed by atoms with E-state index in [4.69, 9.17) is 14.0 Å². The molecule has 1 aliphatic heterocycles. The lowest BCUT2D eigenvalue weighted by Gasteiger charge is -2.21. The first kappa shape index (κ1) is 14.9. The number of pyridine rings is 1. The molecule has 0 radical (unpaired) electrons. The maximum atomic E-state index is 5.65. The molecule has 0 saturated carbocycles. The molecule has 118 valence electrons. The van der Waals surface area contributed by atoms with E-state index >= 15 is 0 Å². The molecule has 1 unspecified atom stereocenters. The van der Waals surface area contributed by atoms with E-state index in [0.29, 0.717) is 24.4 Å². The fourth-order valence-corrected chi connectivity index (χ4v) is 2.48. The minimum atomic E-state index is 0.305. The predicted octanol–water partition coefficient (Wildman–Crippen LogP) is 1.89. The van der Waals surface area contributed by atoms with Crippen LogP contribution >= 0.6 is 0 Å². The van der Waals surface area contributed by atoms with Crippen molar-refractivity contribution >= 4 is 5.82 Å². The Kier molecular flexibility index (Phi) is 4.65. The highest BCUT2D eigenvalue weighted by atomic mass is 16.5. The van der Waals surface area contributed by atoms with Gasteiger partial charge in [-0.3, -0.25) is 0 Å². The zero-order valence-corrected chi connectivity index (χ0v) is 12.9. The Balaban J connectivity index is 1.65. The van der Waals surface area contributed by atoms with Crippen LogP contribution in [0.3, 0.4) is 0 Å². The van der Waals surface area contributed by atoms with Gasteiger partial charge in [0.2, 0.25) is 0 Å². The average Bonchev–Trinajstić information content (AvgIpc) is 3.20. The molecule has 0 spiro atoms. The Bertz CT molecular complexity index is 593. The monoisotopic (exact) mass is 304 g/mol. The van der Waals surface area contributed by atoms with E-state index in [-0.39, 0.29) is 0 Å². The van der Waals surface area contributed by atoms with Crippen molar-refractivity contribution in [3.8, 4) is 11.5 Å². The summed E-state index contributed by atoms with van der Waals surface area (Å²) in [6.45, 7) is 2.05. The van der Waals surface area contributed by atoms with Gasteiger partial charge in [-0.15, -0.1) is 0 Å². The number of aromatic nitrogens is 3. The molecule has 22 heavy (non-hydrogen) atoms. The summed E-state index contributed by atoms with van der Waals surface area (Å²) in [7, 11) is 3.61. The lowest BCUT2D eigenvalue weighted by molar-refractivity contribution is 0.116. The highest BCUT2D eigenvalue weighted by molar-refractivity contribution is 5.54. The van der Waals surface area contributed by atoms with Crippen molar-refractivity contribution in [2.75, 3.05) is 32.2 Å². The summed E-state index contributed by atoms with van der Waals surface area (Å²) < 4.78 is 15.8. The van der Waals surface area contributed by atoms with Crippen LogP contribution in [0.4, 0.5) is 5.82 Å². The second kappa shape index (κ2) is 6.85. The third kappa shape index (κ3) is 3.42. The molecule has 0 amide bonds. The smallest absolute Gasteiger partial charge is 0.259 e. The maximum absolute atomic E-state index is 5.65. The van der Waals surface area contributed by atoms with Gasteiger partial charge in [-0.1, -0.05) is 5.16 Å². The summed E-state index contributed by atoms with van der Waals surface area (Å²) in [4.78, 5) is 10.8. The van der Waals surface area contributed by atoms with Gasteiger partial charge in [-0.25, -0.2) is 4.98 Å². The average molecular weight is 304 g/mol. The van der Waals surface area contributed by atoms with Crippen molar-refractivity contribution in [2.45, 2.75) is 25.6 Å². The Hall–Kier alpha value is -1.99. The number of hydrogen-bond acceptors (Lipinski definition) is 7. The summed E-state index contributed by atoms with van der Waals surface area (Å²) in [5.41, 5.74) is 0.795. The summed E-state index contributed by atoms with van der Waals surface area (Å²) in [5, 5.41) is 3.84. The second-order valence-electron chi connectivity index (χ2n) is 5.37. The number of likely N-dealkylation sites (N-methyl/N-ethyl adjacent to an activating group) is 1. The van der Waals surface area contributed by atoms with Crippen molar-refractivity contribution in [2.24, 2.45) is 0 Å². The Morgan fingerprint density at radius 1 is 1.41 bits per heavy atom. The number of hydrogen-bond donors (Lipinski definition) is 0. The molecule has 1 atom stereocenters. The minimum absolute atomic E-state index is 0.305. The second-order valence-corrected chi connectivity index (χ2v) is 5.37. The van der Waals surface area contributed by atoms with E-state index in [1.807, 2.05) is 19.2 Å². The Morgan fingerprint density at radius 3 is 3.00 bits per heavy atom. The first-order valence-corrected chi connectivity index (χ1v) is 7.37. The largest absolute Gasteiger partial charge is 0.377 e. The Morgan fingerprint density at radius 2 is 2.32 bits per heavy atom. The summed E-state index contributed by atoms with van der Waals surface area (Å²) >= 11 is 0. The van der Waals surface area contributed by atoms with Gasteiger partial charge in [0.1, 0.15) is 12.4 Å². The molecule has 1 saturated heterocycles. The molecule has 7 nitrogen and oxygen atoms in total. The van der Waals surface area contributed by atoms with Crippen LogP contribution in [0.5, 0.6) is 0 Å². The summed E-state index contributed by atoms with van der Waals surface area (Å²) in [6, 6.07) is 3.88. The summed E-state index contributed by atoms with van der Waals surface area (Å²) in [6.07, 6.45) is 4.31. The lowest BCUT2D eigenvalue weighted by atomic mass is 10.2. The molecule has 7 heteroatoms. The van der Waals surface area contributed by atoms with Crippen LogP contribution in [0, 0.1) is 0 Å². The van der Waals surface area contributed by atoms with Crippen molar-refractivity contribution < 1.29 is 14.0 Å². The highest BCUT2D eigenvalue weighted by Gasteiger charge is 2.18. The molecule has 1 aliphatic rings. The van der Waals surface area contributed by atoms with E-state index in [0.717, 1.165) is 37.4 Å². The Labute approximate surface area is 129 Å². The van der Waals surface area contributed by atoms with E-state index < -0.39 is 0 Å². The highest BCUT2D eigenvalue weighted by Crippen LogP contribution is 2.20. The van der Waals surface area contributed by atoms with Crippen LogP contribution in [-0.4, -0.2) is 48.5 Å². The molecule has 0 bridgehead atoms. The van der Waals surface area contributed by atoms with E-state index in [2.05, 4.69) is 20.0 Å². The molecule has 3 heterocycles. The molecule has 3 rings (SSSR count). The van der Waals surface area contributed by atoms with Crippen LogP contribution in [0.15, 0.2) is 22.9 Å². The number of rotatable bonds is 6. The lowest BCUT2D eigenvalue weighted by Crippen LogP contribution is -2.29. The van der Waals surface area contributed by atoms with Crippen LogP contribution < -0.4 is 4.90 Å². The number of methoxy groups -OCH3 is 1. The van der Waals surface area contributed by atoms with Gasteiger partial charge < -0.3 is 18.9 Å². The third-order valence-electron chi connectivity index (χ3n) is 3.63. The van der Waals surface area contributed by atoms with Crippen LogP contribution in [-0.2, 0) is 16.1 Å². The van der Waals surface area contributed by atoms with Crippen LogP contribution in [0.2, 0.25) is 0 Å². The molecule has 2 aromatic rings. The molecule has 1 fully saturated rings. The molecule has 2 aromatic heterocycles. The zero-order valence-electron chi connectivity index (χ0n) is 12.9. The van der Waals surface area contributed by atoms with Gasteiger partial charge in [-0.2, -0.15) is 4.98 Å². The fourth-order valence-electron chi connectivity index (χ4n) is 2.48. The number of ether oxygens (including phenoxy) is 2. The zero-order chi connectivity index (χ0) is 15.4. The standard InChI is InChI=1S/C15H20N4O3/c1-19(9-12-4-3-7-21-12)14-6-5-11(8-16-14)15-17-13(10-20-2)18-22-15/h5-6,8,12H,3-4,7,9-10H2,1-2H3. The quantitative estimate of drug-likeness (QED) is 0.806. The summed E-state index contributed by atoms with van der Waals surface area (Å²) in [5.74, 6) is 1.88. The molecular weight excluding hydrogens is 284 g/mol. The van der Waals surface area contributed by atoms with Crippen molar-refractivity contribution in [3.63, 3.8) is 0 Å². The van der Waals surface area contributed by atoms with Gasteiger partial charge >= 0.3 is 0 Å². The van der Waals surface area contributed by atoms with Gasteiger partial charge in [0.05, 0.1) is 11.7 Å². The van der Waals surface area contributed by atoms with Gasteiger partial charge in [0.25, 0.3) is 5.89 Å². The first-order valence-electron chi connectivity index (χ1n) is 7.37. The normalized spacial score (nSPS) is 17.8. The van der Waals surface area contributed by atoms with E-state index in [1.165, 1.54) is 0 Å². The van der Waals surface area contributed by atoms with Crippen LogP contribution in [0.25, 0.3) is 11.5 Å². The van der Waals surface area contributed by atoms with Gasteiger partial charge in [0, 0.05) is 33.5 Å². The van der Waals surface area contributed by atoms with Gasteiger partial charge in [-0.05, 0) is 25.0 Å². The SMILES string of the molecule is COCc1noc(-c2ccc(N(C)CC3CCCO3)nc2)n1. The van der Waals surface area contributed by atoms with E-state index in [1.54, 1.807) is 13.3 Å². The predicted molar refractivity (Wildman–Crippen MR) is 80.5 cm³/mol. The van der Waals surface area contributed by atoms with Gasteiger partial charge in [0.15, 0.2) is 5.82 Å². The van der Waals surface area contributed by atoms with Crippen molar-refractivity contribution in [1.29, 1.82) is 0 Å². The molecule has 0 aromatic carbocycles. The number of anilines is 1. The van der Waals surface area contributed by atoms with Crippen molar-refractivity contribution in [3.05, 3.63) is 24.2 Å². The topological polar surface area (TPSA) is 73.5 Å². The molecular formula is C15H20N4O3. The number of nitrogens with zero attached hydrogens (tertiary/aromatic N) is 4. The maximum Gasteiger partial charge on any atom is 0.259 e. The van der Waals surface area contributed by atoms with Crippen molar-refractivity contribution in [1.82, 2.24) is 15.1 Å². The molecule has 0 N–H and O–H groups in total. The first-order chi connectivity index (χ1) is 10.8. The van der Waals surface area contributed by atoms with Crippen LogP contribution in [0.1, 0.15) is 18.7 Å². The fraction of sp³-hybridized carbons (Fsp3) is 0.533. The minimum Gasteiger partial charge on any atom is -0.377 e. The molecule has 0 aliphatic carbocycles. The third-order valence-corrected chi connectivity index (χ3v) is 3.63. The van der Waals surface area contributed by atoms with E-state index in [9.17, 15) is 0 Å².